The molecular weight excluding hydrogens is 235 g/mol. The van der Waals surface area contributed by atoms with Gasteiger partial charge in [0.2, 0.25) is 0 Å². The molecule has 0 N–H and O–H groups in total. The molecule has 1 rings (SSSR count). The zero-order valence-corrected chi connectivity index (χ0v) is 8.91. The van der Waals surface area contributed by atoms with Crippen LogP contribution in [-0.4, -0.2) is 4.92 Å². The third kappa shape index (κ3) is 3.05. The summed E-state index contributed by atoms with van der Waals surface area (Å²) in [6.07, 6.45) is -3.26. The minimum atomic E-state index is -4.61. The normalized spacial score (nSPS) is 11.6. The van der Waals surface area contributed by atoms with Gasteiger partial charge in [-0.2, -0.15) is 13.2 Å². The largest absolute Gasteiger partial charge is 0.416 e. The fraction of sp³-hybridized carbons (Fsp3) is 0.182. The van der Waals surface area contributed by atoms with Crippen LogP contribution in [0.1, 0.15) is 18.1 Å². The van der Waals surface area contributed by atoms with Crippen LogP contribution in [0.2, 0.25) is 0 Å². The average molecular weight is 244 g/mol. The van der Waals surface area contributed by atoms with E-state index in [4.69, 9.17) is 0 Å². The van der Waals surface area contributed by atoms with Crippen LogP contribution >= 0.6 is 0 Å². The summed E-state index contributed by atoms with van der Waals surface area (Å²) in [5.41, 5.74) is -1.49. The van der Waals surface area contributed by atoms with E-state index >= 15 is 0 Å². The molecule has 0 fully saturated rings. The number of nitro groups is 1. The van der Waals surface area contributed by atoms with Crippen molar-refractivity contribution in [2.24, 2.45) is 0 Å². The van der Waals surface area contributed by atoms with Crippen LogP contribution in [0.4, 0.5) is 18.9 Å². The highest BCUT2D eigenvalue weighted by Gasteiger charge is 2.33. The van der Waals surface area contributed by atoms with Gasteiger partial charge < -0.3 is 0 Å². The Labute approximate surface area is 95.7 Å². The summed E-state index contributed by atoms with van der Waals surface area (Å²) in [4.78, 5) is 9.69. The Morgan fingerprint density at radius 1 is 1.41 bits per heavy atom. The maximum absolute atomic E-state index is 12.5. The standard InChI is InChI=1S/C11H9F3NO2/c1-3-7(2)8-4-9(11(12,13)14)6-10(5-8)15(16)17/h3-6H,1H2,2H3. The summed E-state index contributed by atoms with van der Waals surface area (Å²) >= 11 is 0. The Morgan fingerprint density at radius 3 is 2.41 bits per heavy atom. The number of nitro benzene ring substituents is 1. The topological polar surface area (TPSA) is 43.1 Å². The molecule has 0 atom stereocenters. The fourth-order valence-electron chi connectivity index (χ4n) is 1.23. The monoisotopic (exact) mass is 244 g/mol. The molecule has 0 bridgehead atoms. The number of allylic oxidation sites excluding steroid dienone is 1. The molecule has 0 heterocycles. The number of alkyl halides is 3. The Bertz CT molecular complexity index is 455. The van der Waals surface area contributed by atoms with E-state index in [2.05, 4.69) is 6.58 Å². The van der Waals surface area contributed by atoms with Gasteiger partial charge >= 0.3 is 6.18 Å². The van der Waals surface area contributed by atoms with Crippen LogP contribution < -0.4 is 0 Å². The van der Waals surface area contributed by atoms with Gasteiger partial charge in [-0.25, -0.2) is 0 Å². The van der Waals surface area contributed by atoms with Crippen molar-refractivity contribution in [2.45, 2.75) is 13.1 Å². The third-order valence-corrected chi connectivity index (χ3v) is 2.22. The molecule has 0 aliphatic carbocycles. The lowest BCUT2D eigenvalue weighted by Crippen LogP contribution is -2.07. The molecule has 0 aromatic heterocycles. The number of halogens is 3. The fourth-order valence-corrected chi connectivity index (χ4v) is 1.23. The van der Waals surface area contributed by atoms with Crippen molar-refractivity contribution >= 4 is 5.69 Å². The summed E-state index contributed by atoms with van der Waals surface area (Å²) in [5, 5.41) is 10.5. The molecule has 0 unspecified atom stereocenters. The SMILES string of the molecule is C=C[C](C)c1cc([N+](=O)[O-])cc(C(F)(F)F)c1. The van der Waals surface area contributed by atoms with Crippen molar-refractivity contribution in [3.8, 4) is 0 Å². The first kappa shape index (κ1) is 13.2. The van der Waals surface area contributed by atoms with Crippen LogP contribution in [0.15, 0.2) is 30.9 Å². The molecule has 6 heteroatoms. The second-order valence-corrected chi connectivity index (χ2v) is 3.41. The van der Waals surface area contributed by atoms with E-state index in [9.17, 15) is 23.3 Å². The number of hydrogen-bond acceptors (Lipinski definition) is 2. The van der Waals surface area contributed by atoms with E-state index in [-0.39, 0.29) is 5.56 Å². The summed E-state index contributed by atoms with van der Waals surface area (Å²) < 4.78 is 37.6. The summed E-state index contributed by atoms with van der Waals surface area (Å²) in [6.45, 7) is 4.95. The molecular formula is C11H9F3NO2. The Hall–Kier alpha value is -1.85. The van der Waals surface area contributed by atoms with Crippen LogP contribution in [-0.2, 0) is 6.18 Å². The van der Waals surface area contributed by atoms with Crippen molar-refractivity contribution in [3.63, 3.8) is 0 Å². The molecule has 0 aliphatic heterocycles. The maximum Gasteiger partial charge on any atom is 0.416 e. The molecule has 0 saturated carbocycles. The van der Waals surface area contributed by atoms with Crippen molar-refractivity contribution < 1.29 is 18.1 Å². The summed E-state index contributed by atoms with van der Waals surface area (Å²) in [7, 11) is 0. The number of non-ortho nitro benzene ring substituents is 1. The molecule has 1 aromatic carbocycles. The summed E-state index contributed by atoms with van der Waals surface area (Å²) in [5.74, 6) is 0.444. The zero-order chi connectivity index (χ0) is 13.2. The highest BCUT2D eigenvalue weighted by molar-refractivity contribution is 5.47. The minimum Gasteiger partial charge on any atom is -0.258 e. The molecule has 1 radical (unpaired) electrons. The van der Waals surface area contributed by atoms with Gasteiger partial charge in [-0.15, -0.1) is 6.58 Å². The van der Waals surface area contributed by atoms with Crippen molar-refractivity contribution in [2.75, 3.05) is 0 Å². The Morgan fingerprint density at radius 2 is 2.00 bits per heavy atom. The van der Waals surface area contributed by atoms with Crippen LogP contribution in [0.3, 0.4) is 0 Å². The van der Waals surface area contributed by atoms with Crippen molar-refractivity contribution in [3.05, 3.63) is 58.0 Å². The van der Waals surface area contributed by atoms with Crippen LogP contribution in [0.5, 0.6) is 0 Å². The van der Waals surface area contributed by atoms with E-state index in [0.717, 1.165) is 12.1 Å². The quantitative estimate of drug-likeness (QED) is 0.600. The third-order valence-electron chi connectivity index (χ3n) is 2.22. The maximum atomic E-state index is 12.5. The van der Waals surface area contributed by atoms with Gasteiger partial charge in [0.05, 0.1) is 10.5 Å². The van der Waals surface area contributed by atoms with E-state index < -0.39 is 22.4 Å². The average Bonchev–Trinajstić information content (AvgIpc) is 2.26. The van der Waals surface area contributed by atoms with Gasteiger partial charge in [0, 0.05) is 18.1 Å². The molecule has 0 saturated heterocycles. The van der Waals surface area contributed by atoms with Gasteiger partial charge in [-0.05, 0) is 11.6 Å². The molecule has 17 heavy (non-hydrogen) atoms. The smallest absolute Gasteiger partial charge is 0.258 e. The lowest BCUT2D eigenvalue weighted by Gasteiger charge is -2.11. The first-order chi connectivity index (χ1) is 7.75. The van der Waals surface area contributed by atoms with Crippen molar-refractivity contribution in [1.82, 2.24) is 0 Å². The van der Waals surface area contributed by atoms with Crippen LogP contribution in [0.25, 0.3) is 0 Å². The van der Waals surface area contributed by atoms with Gasteiger partial charge in [-0.1, -0.05) is 13.0 Å². The number of benzene rings is 1. The summed E-state index contributed by atoms with van der Waals surface area (Å²) in [6, 6.07) is 2.47. The molecule has 0 spiro atoms. The first-order valence-corrected chi connectivity index (χ1v) is 4.58. The molecule has 0 aliphatic rings. The minimum absolute atomic E-state index is 0.140. The van der Waals surface area contributed by atoms with Gasteiger partial charge in [0.1, 0.15) is 0 Å². The van der Waals surface area contributed by atoms with Gasteiger partial charge in [0.15, 0.2) is 0 Å². The highest BCUT2D eigenvalue weighted by atomic mass is 19.4. The zero-order valence-electron chi connectivity index (χ0n) is 8.91. The van der Waals surface area contributed by atoms with Crippen LogP contribution in [0, 0.1) is 16.0 Å². The lowest BCUT2D eigenvalue weighted by atomic mass is 9.98. The van der Waals surface area contributed by atoms with E-state index in [0.29, 0.717) is 12.0 Å². The number of hydrogen-bond donors (Lipinski definition) is 0. The second kappa shape index (κ2) is 4.57. The molecule has 0 amide bonds. The predicted molar refractivity (Wildman–Crippen MR) is 56.3 cm³/mol. The number of nitrogens with zero attached hydrogens (tertiary/aromatic N) is 1. The van der Waals surface area contributed by atoms with E-state index in [1.54, 1.807) is 0 Å². The Balaban J connectivity index is 3.38. The number of rotatable bonds is 3. The molecule has 91 valence electrons. The van der Waals surface area contributed by atoms with Crippen molar-refractivity contribution in [1.29, 1.82) is 0 Å². The first-order valence-electron chi connectivity index (χ1n) is 4.58. The van der Waals surface area contributed by atoms with Gasteiger partial charge in [-0.3, -0.25) is 10.1 Å². The Kier molecular flexibility index (Phi) is 3.55. The van der Waals surface area contributed by atoms with Gasteiger partial charge in [0.25, 0.3) is 5.69 Å². The molecule has 3 nitrogen and oxygen atoms in total. The second-order valence-electron chi connectivity index (χ2n) is 3.41. The predicted octanol–water partition coefficient (Wildman–Crippen LogP) is 3.74. The van der Waals surface area contributed by atoms with E-state index in [1.165, 1.54) is 13.0 Å². The highest BCUT2D eigenvalue weighted by Crippen LogP contribution is 2.34. The van der Waals surface area contributed by atoms with E-state index in [1.807, 2.05) is 0 Å². The lowest BCUT2D eigenvalue weighted by molar-refractivity contribution is -0.385. The molecule has 1 aromatic rings.